The van der Waals surface area contributed by atoms with E-state index in [1.807, 2.05) is 6.07 Å². The summed E-state index contributed by atoms with van der Waals surface area (Å²) < 4.78 is 27.0. The van der Waals surface area contributed by atoms with E-state index in [4.69, 9.17) is 10.7 Å². The fourth-order valence-electron chi connectivity index (χ4n) is 3.25. The highest BCUT2D eigenvalue weighted by molar-refractivity contribution is 7.88. The maximum absolute atomic E-state index is 11.2. The first-order chi connectivity index (χ1) is 12.8. The molecule has 0 aliphatic rings. The van der Waals surface area contributed by atoms with Gasteiger partial charge in [0.1, 0.15) is 17.1 Å². The van der Waals surface area contributed by atoms with Gasteiger partial charge in [0.15, 0.2) is 5.82 Å². The predicted octanol–water partition coefficient (Wildman–Crippen LogP) is 2.15. The van der Waals surface area contributed by atoms with Crippen LogP contribution < -0.4 is 10.5 Å². The molecule has 0 spiro atoms. The normalized spacial score (nSPS) is 12.2. The van der Waals surface area contributed by atoms with Crippen LogP contribution in [0.3, 0.4) is 0 Å². The third kappa shape index (κ3) is 4.30. The average molecular weight is 391 g/mol. The first-order valence-electron chi connectivity index (χ1n) is 9.02. The zero-order valence-corrected chi connectivity index (χ0v) is 16.4. The number of hydrogen-bond donors (Lipinski definition) is 3. The summed E-state index contributed by atoms with van der Waals surface area (Å²) in [6, 6.07) is 5.06. The van der Waals surface area contributed by atoms with Crippen LogP contribution in [-0.2, 0) is 23.0 Å². The van der Waals surface area contributed by atoms with Crippen LogP contribution in [0, 0.1) is 0 Å². The monoisotopic (exact) mass is 391 g/mol. The van der Waals surface area contributed by atoms with E-state index >= 15 is 0 Å². The van der Waals surface area contributed by atoms with Crippen molar-refractivity contribution in [3.05, 3.63) is 24.0 Å². The van der Waals surface area contributed by atoms with Crippen LogP contribution in [0.25, 0.3) is 21.9 Å². The molecule has 4 N–H and O–H groups in total. The van der Waals surface area contributed by atoms with Gasteiger partial charge in [-0.3, -0.25) is 0 Å². The lowest BCUT2D eigenvalue weighted by molar-refractivity contribution is 0.476. The van der Waals surface area contributed by atoms with Crippen molar-refractivity contribution >= 4 is 37.8 Å². The largest absolute Gasteiger partial charge is 0.508 e. The summed E-state index contributed by atoms with van der Waals surface area (Å²) in [5.74, 6) is 1.43. The number of imidazole rings is 1. The number of aromatic nitrogens is 3. The van der Waals surface area contributed by atoms with Crippen LogP contribution in [0.4, 0.5) is 5.82 Å². The van der Waals surface area contributed by atoms with Crippen molar-refractivity contribution in [3.63, 3.8) is 0 Å². The van der Waals surface area contributed by atoms with Crippen LogP contribution in [-0.4, -0.2) is 40.9 Å². The number of sulfonamides is 1. The molecule has 146 valence electrons. The number of benzene rings is 1. The standard InChI is InChI=1S/C18H25N5O3S/c1-3-6-15-22-16-17(23(15)10-5-4-9-20-27(2,25)26)13-8-7-12(24)11-14(13)21-18(16)19/h7-8,11,20,24H,3-6,9-10H2,1-2H3,(H2,19,21). The minimum absolute atomic E-state index is 0.139. The van der Waals surface area contributed by atoms with Gasteiger partial charge in [-0.25, -0.2) is 23.1 Å². The Morgan fingerprint density at radius 1 is 1.26 bits per heavy atom. The number of nitrogens with zero attached hydrogens (tertiary/aromatic N) is 3. The summed E-state index contributed by atoms with van der Waals surface area (Å²) in [5, 5.41) is 10.6. The van der Waals surface area contributed by atoms with Gasteiger partial charge in [0, 0.05) is 31.0 Å². The number of fused-ring (bicyclic) bond motifs is 3. The molecule has 3 aromatic rings. The number of aromatic hydroxyl groups is 1. The summed E-state index contributed by atoms with van der Waals surface area (Å²) in [5.41, 5.74) is 8.34. The molecule has 2 heterocycles. The smallest absolute Gasteiger partial charge is 0.208 e. The molecule has 9 heteroatoms. The van der Waals surface area contributed by atoms with Gasteiger partial charge in [-0.05, 0) is 31.4 Å². The van der Waals surface area contributed by atoms with E-state index in [0.29, 0.717) is 29.9 Å². The Morgan fingerprint density at radius 3 is 2.74 bits per heavy atom. The first-order valence-corrected chi connectivity index (χ1v) is 10.9. The van der Waals surface area contributed by atoms with Crippen LogP contribution in [0.15, 0.2) is 18.2 Å². The molecule has 27 heavy (non-hydrogen) atoms. The number of unbranched alkanes of at least 4 members (excludes halogenated alkanes) is 1. The number of rotatable bonds is 8. The molecule has 3 rings (SSSR count). The van der Waals surface area contributed by atoms with Crippen molar-refractivity contribution in [3.8, 4) is 5.75 Å². The van der Waals surface area contributed by atoms with Crippen LogP contribution in [0.1, 0.15) is 32.0 Å². The highest BCUT2D eigenvalue weighted by atomic mass is 32.2. The van der Waals surface area contributed by atoms with Gasteiger partial charge < -0.3 is 15.4 Å². The average Bonchev–Trinajstić information content (AvgIpc) is 2.93. The Morgan fingerprint density at radius 2 is 2.04 bits per heavy atom. The number of nitrogen functional groups attached to an aromatic ring is 1. The molecule has 0 bridgehead atoms. The maximum atomic E-state index is 11.2. The predicted molar refractivity (Wildman–Crippen MR) is 107 cm³/mol. The lowest BCUT2D eigenvalue weighted by Crippen LogP contribution is -2.23. The van der Waals surface area contributed by atoms with Gasteiger partial charge in [0.25, 0.3) is 0 Å². The summed E-state index contributed by atoms with van der Waals surface area (Å²) in [6.07, 6.45) is 4.44. The van der Waals surface area contributed by atoms with E-state index in [1.54, 1.807) is 12.1 Å². The highest BCUT2D eigenvalue weighted by Gasteiger charge is 2.17. The minimum Gasteiger partial charge on any atom is -0.508 e. The molecule has 0 radical (unpaired) electrons. The Balaban J connectivity index is 1.98. The quantitative estimate of drug-likeness (QED) is 0.506. The fourth-order valence-corrected chi connectivity index (χ4v) is 3.77. The molecule has 0 aliphatic carbocycles. The number of hydrogen-bond acceptors (Lipinski definition) is 6. The van der Waals surface area contributed by atoms with Gasteiger partial charge >= 0.3 is 0 Å². The molecule has 1 aromatic carbocycles. The molecule has 8 nitrogen and oxygen atoms in total. The number of nitrogens with one attached hydrogen (secondary N) is 1. The molecule has 0 fully saturated rings. The van der Waals surface area contributed by atoms with E-state index in [0.717, 1.165) is 48.7 Å². The topological polar surface area (TPSA) is 123 Å². The SMILES string of the molecule is CCCc1nc2c(N)nc3cc(O)ccc3c2n1CCCCNS(C)(=O)=O. The van der Waals surface area contributed by atoms with Crippen LogP contribution in [0.5, 0.6) is 5.75 Å². The van der Waals surface area contributed by atoms with Crippen molar-refractivity contribution in [2.24, 2.45) is 0 Å². The molecular formula is C18H25N5O3S. The lowest BCUT2D eigenvalue weighted by atomic mass is 10.1. The van der Waals surface area contributed by atoms with Gasteiger partial charge in [-0.15, -0.1) is 0 Å². The summed E-state index contributed by atoms with van der Waals surface area (Å²) in [7, 11) is -3.17. The van der Waals surface area contributed by atoms with Gasteiger partial charge in [0.2, 0.25) is 10.0 Å². The van der Waals surface area contributed by atoms with Crippen LogP contribution in [0.2, 0.25) is 0 Å². The van der Waals surface area contributed by atoms with Crippen LogP contribution >= 0.6 is 0 Å². The van der Waals surface area contributed by atoms with Crippen molar-refractivity contribution in [1.29, 1.82) is 0 Å². The number of pyridine rings is 1. The van der Waals surface area contributed by atoms with Crippen molar-refractivity contribution in [2.75, 3.05) is 18.5 Å². The summed E-state index contributed by atoms with van der Waals surface area (Å²) >= 11 is 0. The minimum atomic E-state index is -3.17. The van der Waals surface area contributed by atoms with E-state index in [1.165, 1.54) is 0 Å². The number of phenols is 1. The molecule has 0 atom stereocenters. The molecule has 2 aromatic heterocycles. The summed E-state index contributed by atoms with van der Waals surface area (Å²) in [6.45, 7) is 3.21. The molecule has 0 amide bonds. The first kappa shape index (κ1) is 19.4. The molecule has 0 saturated carbocycles. The second-order valence-electron chi connectivity index (χ2n) is 6.70. The van der Waals surface area contributed by atoms with Crippen molar-refractivity contribution in [1.82, 2.24) is 19.3 Å². The van der Waals surface area contributed by atoms with Gasteiger partial charge in [0.05, 0.1) is 17.3 Å². The zero-order chi connectivity index (χ0) is 19.6. The van der Waals surface area contributed by atoms with Crippen molar-refractivity contribution < 1.29 is 13.5 Å². The van der Waals surface area contributed by atoms with E-state index in [2.05, 4.69) is 21.2 Å². The third-order valence-corrected chi connectivity index (χ3v) is 5.14. The highest BCUT2D eigenvalue weighted by Crippen LogP contribution is 2.31. The zero-order valence-electron chi connectivity index (χ0n) is 15.6. The second-order valence-corrected chi connectivity index (χ2v) is 8.53. The Kier molecular flexibility index (Phi) is 5.52. The Bertz CT molecular complexity index is 1080. The molecule has 0 aliphatic heterocycles. The number of anilines is 1. The number of phenolic OH excluding ortho intramolecular Hbond substituents is 1. The Hall–Kier alpha value is -2.39. The van der Waals surface area contributed by atoms with Gasteiger partial charge in [-0.1, -0.05) is 6.92 Å². The summed E-state index contributed by atoms with van der Waals surface area (Å²) in [4.78, 5) is 9.10. The molecule has 0 unspecified atom stereocenters. The lowest BCUT2D eigenvalue weighted by Gasteiger charge is -2.11. The molecular weight excluding hydrogens is 366 g/mol. The number of aryl methyl sites for hydroxylation is 2. The third-order valence-electron chi connectivity index (χ3n) is 4.41. The van der Waals surface area contributed by atoms with E-state index in [9.17, 15) is 13.5 Å². The number of nitrogens with two attached hydrogens (primary N) is 1. The fraction of sp³-hybridized carbons (Fsp3) is 0.444. The Labute approximate surface area is 158 Å². The van der Waals surface area contributed by atoms with E-state index in [-0.39, 0.29) is 5.75 Å². The maximum Gasteiger partial charge on any atom is 0.208 e. The second kappa shape index (κ2) is 7.69. The van der Waals surface area contributed by atoms with E-state index < -0.39 is 10.0 Å². The van der Waals surface area contributed by atoms with Gasteiger partial charge in [-0.2, -0.15) is 0 Å². The van der Waals surface area contributed by atoms with Crippen molar-refractivity contribution in [2.45, 2.75) is 39.2 Å². The molecule has 0 saturated heterocycles.